The number of amides is 1. The molecule has 0 radical (unpaired) electrons. The number of carbonyl (C=O) groups excluding carboxylic acids is 1. The van der Waals surface area contributed by atoms with E-state index in [1.165, 1.54) is 42.4 Å². The van der Waals surface area contributed by atoms with Crippen LogP contribution in [-0.4, -0.2) is 38.0 Å². The van der Waals surface area contributed by atoms with Crippen LogP contribution in [0.4, 0.5) is 0 Å². The Bertz CT molecular complexity index is 442. The van der Waals surface area contributed by atoms with Gasteiger partial charge in [0.25, 0.3) is 0 Å². The monoisotopic (exact) mass is 260 g/mol. The van der Waals surface area contributed by atoms with Crippen molar-refractivity contribution in [1.82, 2.24) is 10.2 Å². The first kappa shape index (κ1) is 14.1. The number of nitrogens with zero attached hydrogens (tertiary/aromatic N) is 1. The van der Waals surface area contributed by atoms with Crippen LogP contribution in [0.15, 0.2) is 18.2 Å². The molecule has 0 saturated carbocycles. The molecule has 0 saturated heterocycles. The largest absolute Gasteiger partial charge is 0.344 e. The van der Waals surface area contributed by atoms with Gasteiger partial charge in [-0.2, -0.15) is 0 Å². The number of benzene rings is 1. The van der Waals surface area contributed by atoms with E-state index in [-0.39, 0.29) is 5.91 Å². The second-order valence-corrected chi connectivity index (χ2v) is 5.41. The van der Waals surface area contributed by atoms with Gasteiger partial charge in [0.2, 0.25) is 5.91 Å². The van der Waals surface area contributed by atoms with Crippen molar-refractivity contribution in [1.29, 1.82) is 0 Å². The highest BCUT2D eigenvalue weighted by molar-refractivity contribution is 5.77. The van der Waals surface area contributed by atoms with Gasteiger partial charge in [-0.25, -0.2) is 0 Å². The molecule has 19 heavy (non-hydrogen) atoms. The van der Waals surface area contributed by atoms with Crippen LogP contribution in [0.25, 0.3) is 0 Å². The topological polar surface area (TPSA) is 32.3 Å². The van der Waals surface area contributed by atoms with Crippen LogP contribution in [-0.2, 0) is 24.1 Å². The number of nitrogens with one attached hydrogen (secondary N) is 1. The van der Waals surface area contributed by atoms with E-state index in [1.54, 1.807) is 11.9 Å². The third-order valence-corrected chi connectivity index (χ3v) is 3.90. The van der Waals surface area contributed by atoms with Crippen molar-refractivity contribution in [3.8, 4) is 0 Å². The van der Waals surface area contributed by atoms with E-state index in [0.29, 0.717) is 6.54 Å². The normalized spacial score (nSPS) is 14.0. The van der Waals surface area contributed by atoms with Crippen LogP contribution in [0, 0.1) is 0 Å². The van der Waals surface area contributed by atoms with Gasteiger partial charge in [-0.05, 0) is 55.8 Å². The van der Waals surface area contributed by atoms with Gasteiger partial charge in [0.05, 0.1) is 6.54 Å². The summed E-state index contributed by atoms with van der Waals surface area (Å²) in [4.78, 5) is 13.5. The van der Waals surface area contributed by atoms with Crippen molar-refractivity contribution >= 4 is 5.91 Å². The molecule has 1 amide bonds. The average Bonchev–Trinajstić information content (AvgIpc) is 2.44. The quantitative estimate of drug-likeness (QED) is 0.875. The van der Waals surface area contributed by atoms with Gasteiger partial charge in [-0.15, -0.1) is 0 Å². The lowest BCUT2D eigenvalue weighted by molar-refractivity contribution is -0.128. The first-order valence-electron chi connectivity index (χ1n) is 7.20. The van der Waals surface area contributed by atoms with Crippen LogP contribution < -0.4 is 5.32 Å². The molecule has 3 nitrogen and oxygen atoms in total. The van der Waals surface area contributed by atoms with Crippen LogP contribution in [0.2, 0.25) is 0 Å². The zero-order chi connectivity index (χ0) is 13.7. The van der Waals surface area contributed by atoms with Crippen LogP contribution in [0.3, 0.4) is 0 Å². The molecule has 0 heterocycles. The zero-order valence-corrected chi connectivity index (χ0v) is 12.0. The van der Waals surface area contributed by atoms with E-state index in [2.05, 4.69) is 23.5 Å². The highest BCUT2D eigenvalue weighted by atomic mass is 16.2. The number of fused-ring (bicyclic) bond motifs is 1. The summed E-state index contributed by atoms with van der Waals surface area (Å²) in [5.74, 6) is 0.153. The van der Waals surface area contributed by atoms with Crippen molar-refractivity contribution in [2.45, 2.75) is 32.1 Å². The molecule has 0 aliphatic heterocycles. The summed E-state index contributed by atoms with van der Waals surface area (Å²) in [6.07, 6.45) is 6.04. The lowest BCUT2D eigenvalue weighted by Gasteiger charge is -2.19. The Balaban J connectivity index is 1.91. The number of likely N-dealkylation sites (N-methyl/N-ethyl adjacent to an activating group) is 2. The van der Waals surface area contributed by atoms with Gasteiger partial charge in [0.15, 0.2) is 0 Å². The van der Waals surface area contributed by atoms with E-state index >= 15 is 0 Å². The molecule has 0 unspecified atom stereocenters. The van der Waals surface area contributed by atoms with Crippen LogP contribution in [0.1, 0.15) is 29.5 Å². The highest BCUT2D eigenvalue weighted by Gasteiger charge is 2.11. The van der Waals surface area contributed by atoms with Gasteiger partial charge >= 0.3 is 0 Å². The molecule has 1 N–H and O–H groups in total. The fourth-order valence-electron chi connectivity index (χ4n) is 2.65. The van der Waals surface area contributed by atoms with Gasteiger partial charge in [0.1, 0.15) is 0 Å². The minimum Gasteiger partial charge on any atom is -0.344 e. The molecule has 0 atom stereocenters. The molecule has 1 aliphatic carbocycles. The Morgan fingerprint density at radius 2 is 2.00 bits per heavy atom. The van der Waals surface area contributed by atoms with Gasteiger partial charge in [0, 0.05) is 13.6 Å². The molecular weight excluding hydrogens is 236 g/mol. The van der Waals surface area contributed by atoms with E-state index in [0.717, 1.165) is 13.0 Å². The van der Waals surface area contributed by atoms with Crippen LogP contribution in [0.5, 0.6) is 0 Å². The summed E-state index contributed by atoms with van der Waals surface area (Å²) in [7, 11) is 3.67. The predicted octanol–water partition coefficient (Wildman–Crippen LogP) is 1.79. The number of hydrogen-bond donors (Lipinski definition) is 1. The lowest BCUT2D eigenvalue weighted by Crippen LogP contribution is -2.35. The summed E-state index contributed by atoms with van der Waals surface area (Å²) < 4.78 is 0. The van der Waals surface area contributed by atoms with E-state index in [9.17, 15) is 4.79 Å². The fourth-order valence-corrected chi connectivity index (χ4v) is 2.65. The number of aryl methyl sites for hydroxylation is 2. The molecule has 0 spiro atoms. The Labute approximate surface area is 116 Å². The van der Waals surface area contributed by atoms with Gasteiger partial charge in [-0.3, -0.25) is 4.79 Å². The van der Waals surface area contributed by atoms with Gasteiger partial charge in [-0.1, -0.05) is 18.2 Å². The highest BCUT2D eigenvalue weighted by Crippen LogP contribution is 2.22. The maximum absolute atomic E-state index is 11.7. The Morgan fingerprint density at radius 1 is 1.26 bits per heavy atom. The minimum absolute atomic E-state index is 0.153. The third kappa shape index (κ3) is 3.80. The maximum Gasteiger partial charge on any atom is 0.236 e. The van der Waals surface area contributed by atoms with Crippen molar-refractivity contribution in [3.63, 3.8) is 0 Å². The van der Waals surface area contributed by atoms with Crippen molar-refractivity contribution in [2.75, 3.05) is 27.2 Å². The van der Waals surface area contributed by atoms with E-state index in [1.807, 2.05) is 7.05 Å². The zero-order valence-electron chi connectivity index (χ0n) is 12.0. The molecular formula is C16H24N2O. The number of carbonyl (C=O) groups is 1. The van der Waals surface area contributed by atoms with Gasteiger partial charge < -0.3 is 10.2 Å². The lowest BCUT2D eigenvalue weighted by atomic mass is 9.90. The summed E-state index contributed by atoms with van der Waals surface area (Å²) >= 11 is 0. The average molecular weight is 260 g/mol. The Morgan fingerprint density at radius 3 is 2.74 bits per heavy atom. The summed E-state index contributed by atoms with van der Waals surface area (Å²) in [5, 5.41) is 2.90. The van der Waals surface area contributed by atoms with Crippen molar-refractivity contribution in [2.24, 2.45) is 0 Å². The summed E-state index contributed by atoms with van der Waals surface area (Å²) in [5.41, 5.74) is 4.40. The molecule has 0 fully saturated rings. The van der Waals surface area contributed by atoms with Crippen molar-refractivity contribution < 1.29 is 4.79 Å². The molecule has 2 rings (SSSR count). The molecule has 1 aromatic carbocycles. The smallest absolute Gasteiger partial charge is 0.236 e. The Hall–Kier alpha value is -1.35. The molecule has 3 heteroatoms. The predicted molar refractivity (Wildman–Crippen MR) is 78.4 cm³/mol. The van der Waals surface area contributed by atoms with E-state index in [4.69, 9.17) is 0 Å². The second kappa shape index (κ2) is 6.71. The SMILES string of the molecule is CNCC(=O)N(C)CCc1ccc2c(c1)CCCC2. The minimum atomic E-state index is 0.153. The second-order valence-electron chi connectivity index (χ2n) is 5.41. The number of hydrogen-bond acceptors (Lipinski definition) is 2. The molecule has 0 aromatic heterocycles. The third-order valence-electron chi connectivity index (χ3n) is 3.90. The Kier molecular flexibility index (Phi) is 4.97. The maximum atomic E-state index is 11.7. The fraction of sp³-hybridized carbons (Fsp3) is 0.562. The standard InChI is InChI=1S/C16H24N2O/c1-17-12-16(19)18(2)10-9-13-7-8-14-5-3-4-6-15(14)11-13/h7-8,11,17H,3-6,9-10,12H2,1-2H3. The first-order valence-corrected chi connectivity index (χ1v) is 7.20. The molecule has 1 aliphatic rings. The first-order chi connectivity index (χ1) is 9.20. The number of rotatable bonds is 5. The van der Waals surface area contributed by atoms with Crippen molar-refractivity contribution in [3.05, 3.63) is 34.9 Å². The summed E-state index contributed by atoms with van der Waals surface area (Å²) in [6.45, 7) is 1.21. The van der Waals surface area contributed by atoms with E-state index < -0.39 is 0 Å². The van der Waals surface area contributed by atoms with Crippen LogP contribution >= 0.6 is 0 Å². The summed E-state index contributed by atoms with van der Waals surface area (Å²) in [6, 6.07) is 6.84. The molecule has 1 aromatic rings. The molecule has 0 bridgehead atoms. The molecule has 104 valence electrons.